The summed E-state index contributed by atoms with van der Waals surface area (Å²) in [6, 6.07) is 8.28. The molecule has 1 aromatic carbocycles. The molecule has 0 bridgehead atoms. The lowest BCUT2D eigenvalue weighted by atomic mass is 10.0. The van der Waals surface area contributed by atoms with E-state index in [-0.39, 0.29) is 12.3 Å². The molecule has 0 unspecified atom stereocenters. The minimum absolute atomic E-state index is 0.111. The van der Waals surface area contributed by atoms with Gasteiger partial charge in [0, 0.05) is 17.5 Å². The number of benzene rings is 1. The quantitative estimate of drug-likeness (QED) is 0.852. The zero-order valence-corrected chi connectivity index (χ0v) is 13.7. The van der Waals surface area contributed by atoms with Crippen LogP contribution in [0.3, 0.4) is 0 Å². The van der Waals surface area contributed by atoms with Crippen molar-refractivity contribution >= 4 is 28.3 Å². The predicted molar refractivity (Wildman–Crippen MR) is 88.6 cm³/mol. The number of aromatic nitrogens is 1. The van der Waals surface area contributed by atoms with Crippen LogP contribution in [0.25, 0.3) is 0 Å². The highest BCUT2D eigenvalue weighted by atomic mass is 32.1. The van der Waals surface area contributed by atoms with Gasteiger partial charge in [0.2, 0.25) is 5.91 Å². The Labute approximate surface area is 138 Å². The van der Waals surface area contributed by atoms with Gasteiger partial charge in [0.1, 0.15) is 0 Å². The standard InChI is InChI=1S/C17H18N2O3S/c1-11-3-2-4-12(7-11)8-13-10-18-16(23-13)19-15(22)17(5-6-17)9-14(20)21/h2-4,7,10H,5-6,8-9H2,1H3,(H,20,21)(H,18,19,22). The molecule has 0 spiro atoms. The number of hydrogen-bond donors (Lipinski definition) is 2. The summed E-state index contributed by atoms with van der Waals surface area (Å²) in [7, 11) is 0. The summed E-state index contributed by atoms with van der Waals surface area (Å²) in [5, 5.41) is 12.2. The van der Waals surface area contributed by atoms with Gasteiger partial charge in [-0.1, -0.05) is 29.8 Å². The molecule has 0 radical (unpaired) electrons. The molecule has 1 fully saturated rings. The van der Waals surface area contributed by atoms with Crippen molar-refractivity contribution in [3.8, 4) is 0 Å². The first kappa shape index (κ1) is 15.7. The Balaban J connectivity index is 1.63. The maximum absolute atomic E-state index is 12.2. The Morgan fingerprint density at radius 2 is 2.17 bits per heavy atom. The van der Waals surface area contributed by atoms with Crippen molar-refractivity contribution in [2.45, 2.75) is 32.6 Å². The number of thiazole rings is 1. The highest BCUT2D eigenvalue weighted by molar-refractivity contribution is 7.15. The predicted octanol–water partition coefficient (Wildman–Crippen LogP) is 3.24. The fraction of sp³-hybridized carbons (Fsp3) is 0.353. The van der Waals surface area contributed by atoms with Gasteiger partial charge < -0.3 is 10.4 Å². The fourth-order valence-corrected chi connectivity index (χ4v) is 3.47. The summed E-state index contributed by atoms with van der Waals surface area (Å²) >= 11 is 1.43. The molecule has 0 saturated heterocycles. The molecule has 1 amide bonds. The second-order valence-electron chi connectivity index (χ2n) is 6.10. The number of nitrogens with one attached hydrogen (secondary N) is 1. The van der Waals surface area contributed by atoms with Gasteiger partial charge in [-0.15, -0.1) is 11.3 Å². The lowest BCUT2D eigenvalue weighted by molar-refractivity contribution is -0.140. The van der Waals surface area contributed by atoms with Crippen molar-refractivity contribution in [2.24, 2.45) is 5.41 Å². The van der Waals surface area contributed by atoms with E-state index in [1.54, 1.807) is 6.20 Å². The van der Waals surface area contributed by atoms with Gasteiger partial charge in [-0.3, -0.25) is 9.59 Å². The summed E-state index contributed by atoms with van der Waals surface area (Å²) in [6.45, 7) is 2.05. The maximum Gasteiger partial charge on any atom is 0.304 e. The van der Waals surface area contributed by atoms with Crippen LogP contribution in [0.15, 0.2) is 30.5 Å². The lowest BCUT2D eigenvalue weighted by Crippen LogP contribution is -2.26. The first-order valence-electron chi connectivity index (χ1n) is 7.50. The highest BCUT2D eigenvalue weighted by Gasteiger charge is 2.51. The maximum atomic E-state index is 12.2. The molecule has 3 rings (SSSR count). The zero-order valence-electron chi connectivity index (χ0n) is 12.8. The monoisotopic (exact) mass is 330 g/mol. The van der Waals surface area contributed by atoms with E-state index in [0.29, 0.717) is 18.0 Å². The highest BCUT2D eigenvalue weighted by Crippen LogP contribution is 2.49. The first-order valence-corrected chi connectivity index (χ1v) is 8.32. The van der Waals surface area contributed by atoms with Crippen LogP contribution >= 0.6 is 11.3 Å². The summed E-state index contributed by atoms with van der Waals surface area (Å²) in [5.74, 6) is -1.16. The molecule has 5 nitrogen and oxygen atoms in total. The minimum atomic E-state index is -0.933. The van der Waals surface area contributed by atoms with Crippen LogP contribution in [0.2, 0.25) is 0 Å². The number of rotatable bonds is 6. The van der Waals surface area contributed by atoms with E-state index in [2.05, 4.69) is 35.4 Å². The van der Waals surface area contributed by atoms with Crippen LogP contribution in [0.5, 0.6) is 0 Å². The van der Waals surface area contributed by atoms with E-state index >= 15 is 0 Å². The molecule has 23 heavy (non-hydrogen) atoms. The van der Waals surface area contributed by atoms with Gasteiger partial charge in [0.15, 0.2) is 5.13 Å². The SMILES string of the molecule is Cc1cccc(Cc2cnc(NC(=O)C3(CC(=O)O)CC3)s2)c1. The molecule has 0 atom stereocenters. The Kier molecular flexibility index (Phi) is 4.17. The van der Waals surface area contributed by atoms with Crippen molar-refractivity contribution < 1.29 is 14.7 Å². The zero-order chi connectivity index (χ0) is 16.4. The molecule has 120 valence electrons. The Bertz CT molecular complexity index is 750. The van der Waals surface area contributed by atoms with E-state index in [0.717, 1.165) is 11.3 Å². The molecule has 2 N–H and O–H groups in total. The van der Waals surface area contributed by atoms with Crippen LogP contribution in [0.4, 0.5) is 5.13 Å². The normalized spacial score (nSPS) is 15.2. The lowest BCUT2D eigenvalue weighted by Gasteiger charge is -2.10. The summed E-state index contributed by atoms with van der Waals surface area (Å²) in [5.41, 5.74) is 1.69. The Morgan fingerprint density at radius 1 is 1.39 bits per heavy atom. The van der Waals surface area contributed by atoms with Crippen LogP contribution in [0, 0.1) is 12.3 Å². The van der Waals surface area contributed by atoms with E-state index < -0.39 is 11.4 Å². The van der Waals surface area contributed by atoms with Crippen LogP contribution in [0.1, 0.15) is 35.3 Å². The van der Waals surface area contributed by atoms with Crippen LogP contribution in [-0.2, 0) is 16.0 Å². The number of aryl methyl sites for hydroxylation is 1. The third kappa shape index (κ3) is 3.76. The molecule has 1 saturated carbocycles. The van der Waals surface area contributed by atoms with Gasteiger partial charge in [0.05, 0.1) is 11.8 Å². The summed E-state index contributed by atoms with van der Waals surface area (Å²) in [4.78, 5) is 28.4. The largest absolute Gasteiger partial charge is 0.481 e. The van der Waals surface area contributed by atoms with Crippen molar-refractivity contribution in [1.29, 1.82) is 0 Å². The number of amides is 1. The van der Waals surface area contributed by atoms with Crippen molar-refractivity contribution in [1.82, 2.24) is 4.98 Å². The number of carbonyl (C=O) groups excluding carboxylic acids is 1. The third-order valence-corrected chi connectivity index (χ3v) is 4.97. The molecule has 1 aliphatic rings. The van der Waals surface area contributed by atoms with Gasteiger partial charge in [0.25, 0.3) is 0 Å². The number of aliphatic carboxylic acids is 1. The Morgan fingerprint density at radius 3 is 2.83 bits per heavy atom. The van der Waals surface area contributed by atoms with Gasteiger partial charge in [-0.2, -0.15) is 0 Å². The molecule has 1 aliphatic carbocycles. The molecule has 1 aromatic heterocycles. The number of carboxylic acids is 1. The second kappa shape index (κ2) is 6.12. The average Bonchev–Trinajstić information content (AvgIpc) is 3.12. The molecular weight excluding hydrogens is 312 g/mol. The van der Waals surface area contributed by atoms with E-state index in [9.17, 15) is 9.59 Å². The topological polar surface area (TPSA) is 79.3 Å². The van der Waals surface area contributed by atoms with E-state index in [4.69, 9.17) is 5.11 Å². The number of nitrogens with zero attached hydrogens (tertiary/aromatic N) is 1. The molecule has 1 heterocycles. The van der Waals surface area contributed by atoms with E-state index in [1.807, 2.05) is 6.07 Å². The van der Waals surface area contributed by atoms with Gasteiger partial charge in [-0.05, 0) is 25.3 Å². The first-order chi connectivity index (χ1) is 11.0. The average molecular weight is 330 g/mol. The third-order valence-electron chi connectivity index (χ3n) is 4.06. The number of hydrogen-bond acceptors (Lipinski definition) is 4. The Hall–Kier alpha value is -2.21. The molecular formula is C17H18N2O3S. The fourth-order valence-electron chi connectivity index (χ4n) is 2.62. The van der Waals surface area contributed by atoms with Gasteiger partial charge in [-0.25, -0.2) is 4.98 Å². The van der Waals surface area contributed by atoms with Crippen LogP contribution in [-0.4, -0.2) is 22.0 Å². The molecule has 6 heteroatoms. The van der Waals surface area contributed by atoms with Crippen LogP contribution < -0.4 is 5.32 Å². The van der Waals surface area contributed by atoms with Crippen molar-refractivity contribution in [3.05, 3.63) is 46.5 Å². The molecule has 0 aliphatic heterocycles. The summed E-state index contributed by atoms with van der Waals surface area (Å²) < 4.78 is 0. The van der Waals surface area contributed by atoms with Crippen molar-refractivity contribution in [2.75, 3.05) is 5.32 Å². The van der Waals surface area contributed by atoms with Gasteiger partial charge >= 0.3 is 5.97 Å². The van der Waals surface area contributed by atoms with Crippen molar-refractivity contribution in [3.63, 3.8) is 0 Å². The minimum Gasteiger partial charge on any atom is -0.481 e. The number of anilines is 1. The number of carboxylic acid groups (broad SMARTS) is 1. The summed E-state index contributed by atoms with van der Waals surface area (Å²) in [6.07, 6.45) is 3.69. The molecule has 2 aromatic rings. The van der Waals surface area contributed by atoms with E-state index in [1.165, 1.54) is 22.5 Å². The number of carbonyl (C=O) groups is 2. The smallest absolute Gasteiger partial charge is 0.304 e. The second-order valence-corrected chi connectivity index (χ2v) is 7.22.